The van der Waals surface area contributed by atoms with Crippen molar-refractivity contribution in [1.82, 2.24) is 15.3 Å². The van der Waals surface area contributed by atoms with Crippen molar-refractivity contribution in [2.75, 3.05) is 6.54 Å². The minimum Gasteiger partial charge on any atom is -0.349 e. The van der Waals surface area contributed by atoms with Crippen LogP contribution in [0.3, 0.4) is 0 Å². The molecule has 0 aliphatic rings. The lowest BCUT2D eigenvalue weighted by molar-refractivity contribution is -0.121. The van der Waals surface area contributed by atoms with Gasteiger partial charge in [-0.25, -0.2) is 9.37 Å². The van der Waals surface area contributed by atoms with Gasteiger partial charge in [-0.1, -0.05) is 0 Å². The fourth-order valence-corrected chi connectivity index (χ4v) is 1.65. The molecule has 5 nitrogen and oxygen atoms in total. The van der Waals surface area contributed by atoms with Crippen LogP contribution in [0.2, 0.25) is 0 Å². The molecule has 0 fully saturated rings. The Balaban J connectivity index is 0.00000180. The van der Waals surface area contributed by atoms with Crippen LogP contribution < -0.4 is 11.1 Å². The number of carbonyl (C=O) groups is 1. The molecule has 1 aromatic carbocycles. The second kappa shape index (κ2) is 8.73. The van der Waals surface area contributed by atoms with Gasteiger partial charge in [0.05, 0.1) is 17.6 Å². The van der Waals surface area contributed by atoms with E-state index in [1.165, 1.54) is 12.1 Å². The van der Waals surface area contributed by atoms with Gasteiger partial charge in [0, 0.05) is 6.42 Å². The highest BCUT2D eigenvalue weighted by Crippen LogP contribution is 2.12. The van der Waals surface area contributed by atoms with Gasteiger partial charge in [-0.3, -0.25) is 4.79 Å². The monoisotopic (exact) mass is 322 g/mol. The molecular formula is C12H17Cl2FN4O. The molecule has 2 rings (SSSR count). The van der Waals surface area contributed by atoms with Crippen molar-refractivity contribution in [3.05, 3.63) is 29.8 Å². The lowest BCUT2D eigenvalue weighted by Gasteiger charge is -2.01. The largest absolute Gasteiger partial charge is 0.349 e. The third kappa shape index (κ3) is 4.96. The summed E-state index contributed by atoms with van der Waals surface area (Å²) >= 11 is 0. The molecule has 0 saturated heterocycles. The minimum atomic E-state index is -0.315. The first kappa shape index (κ1) is 18.6. The number of H-pyrrole nitrogens is 1. The molecule has 2 aromatic rings. The van der Waals surface area contributed by atoms with E-state index in [-0.39, 0.29) is 36.5 Å². The van der Waals surface area contributed by atoms with Crippen LogP contribution >= 0.6 is 24.8 Å². The first-order valence-electron chi connectivity index (χ1n) is 5.80. The molecule has 112 valence electrons. The number of fused-ring (bicyclic) bond motifs is 1. The summed E-state index contributed by atoms with van der Waals surface area (Å²) in [5.41, 5.74) is 6.62. The van der Waals surface area contributed by atoms with Crippen LogP contribution in [0, 0.1) is 5.82 Å². The van der Waals surface area contributed by atoms with Gasteiger partial charge in [0.25, 0.3) is 0 Å². The summed E-state index contributed by atoms with van der Waals surface area (Å²) in [4.78, 5) is 18.6. The Morgan fingerprint density at radius 3 is 2.85 bits per heavy atom. The summed E-state index contributed by atoms with van der Waals surface area (Å²) in [6.07, 6.45) is 1.07. The molecule has 0 bridgehead atoms. The maximum Gasteiger partial charge on any atom is 0.220 e. The highest BCUT2D eigenvalue weighted by Gasteiger charge is 2.05. The fraction of sp³-hybridized carbons (Fsp3) is 0.333. The third-order valence-electron chi connectivity index (χ3n) is 2.55. The van der Waals surface area contributed by atoms with Crippen molar-refractivity contribution in [1.29, 1.82) is 0 Å². The van der Waals surface area contributed by atoms with Gasteiger partial charge in [-0.15, -0.1) is 24.8 Å². The van der Waals surface area contributed by atoms with Crippen LogP contribution in [-0.2, 0) is 11.3 Å². The van der Waals surface area contributed by atoms with E-state index in [1.807, 2.05) is 0 Å². The Bertz CT molecular complexity index is 561. The molecule has 1 aromatic heterocycles. The molecule has 20 heavy (non-hydrogen) atoms. The van der Waals surface area contributed by atoms with Crippen molar-refractivity contribution < 1.29 is 9.18 Å². The standard InChI is InChI=1S/C12H15FN4O.2ClH/c13-8-3-4-9-10(6-8)17-11(16-9)7-15-12(18)2-1-5-14;;/h3-4,6H,1-2,5,7,14H2,(H,15,18)(H,16,17);2*1H. The van der Waals surface area contributed by atoms with Gasteiger partial charge in [0.2, 0.25) is 5.91 Å². The van der Waals surface area contributed by atoms with Crippen LogP contribution in [-0.4, -0.2) is 22.4 Å². The van der Waals surface area contributed by atoms with Crippen LogP contribution in [0.4, 0.5) is 4.39 Å². The zero-order chi connectivity index (χ0) is 13.0. The van der Waals surface area contributed by atoms with Crippen molar-refractivity contribution in [2.45, 2.75) is 19.4 Å². The number of carbonyl (C=O) groups excluding carboxylic acids is 1. The first-order valence-corrected chi connectivity index (χ1v) is 5.80. The quantitative estimate of drug-likeness (QED) is 0.786. The minimum absolute atomic E-state index is 0. The number of aromatic nitrogens is 2. The average molecular weight is 323 g/mol. The second-order valence-electron chi connectivity index (χ2n) is 4.01. The first-order chi connectivity index (χ1) is 8.69. The summed E-state index contributed by atoms with van der Waals surface area (Å²) < 4.78 is 13.0. The number of hydrogen-bond acceptors (Lipinski definition) is 3. The van der Waals surface area contributed by atoms with Gasteiger partial charge >= 0.3 is 0 Å². The Hall–Kier alpha value is -1.37. The van der Waals surface area contributed by atoms with Crippen LogP contribution in [0.25, 0.3) is 11.0 Å². The van der Waals surface area contributed by atoms with Crippen molar-refractivity contribution in [3.8, 4) is 0 Å². The van der Waals surface area contributed by atoms with Gasteiger partial charge < -0.3 is 16.0 Å². The smallest absolute Gasteiger partial charge is 0.220 e. The lowest BCUT2D eigenvalue weighted by Crippen LogP contribution is -2.23. The zero-order valence-electron chi connectivity index (χ0n) is 10.7. The molecule has 1 heterocycles. The molecule has 0 aliphatic heterocycles. The Morgan fingerprint density at radius 1 is 1.40 bits per heavy atom. The second-order valence-corrected chi connectivity index (χ2v) is 4.01. The fourth-order valence-electron chi connectivity index (χ4n) is 1.65. The molecule has 0 atom stereocenters. The molecule has 0 aliphatic carbocycles. The maximum atomic E-state index is 13.0. The summed E-state index contributed by atoms with van der Waals surface area (Å²) in [5, 5.41) is 2.73. The van der Waals surface area contributed by atoms with E-state index in [4.69, 9.17) is 5.73 Å². The maximum absolute atomic E-state index is 13.0. The van der Waals surface area contributed by atoms with Gasteiger partial charge in [-0.2, -0.15) is 0 Å². The number of halogens is 3. The third-order valence-corrected chi connectivity index (χ3v) is 2.55. The van der Waals surface area contributed by atoms with E-state index in [2.05, 4.69) is 15.3 Å². The molecule has 1 amide bonds. The predicted octanol–water partition coefficient (Wildman–Crippen LogP) is 1.90. The number of aromatic amines is 1. The molecule has 0 spiro atoms. The molecule has 8 heteroatoms. The Morgan fingerprint density at radius 2 is 2.15 bits per heavy atom. The van der Waals surface area contributed by atoms with Gasteiger partial charge in [0.1, 0.15) is 11.6 Å². The highest BCUT2D eigenvalue weighted by molar-refractivity contribution is 5.85. The molecule has 4 N–H and O–H groups in total. The topological polar surface area (TPSA) is 83.8 Å². The summed E-state index contributed by atoms with van der Waals surface area (Å²) in [7, 11) is 0. The van der Waals surface area contributed by atoms with Crippen LogP contribution in [0.1, 0.15) is 18.7 Å². The van der Waals surface area contributed by atoms with Gasteiger partial charge in [0.15, 0.2) is 0 Å². The van der Waals surface area contributed by atoms with Crippen molar-refractivity contribution in [3.63, 3.8) is 0 Å². The van der Waals surface area contributed by atoms with E-state index in [0.29, 0.717) is 42.8 Å². The van der Waals surface area contributed by atoms with Crippen molar-refractivity contribution >= 4 is 41.8 Å². The lowest BCUT2D eigenvalue weighted by atomic mass is 10.3. The number of nitrogens with one attached hydrogen (secondary N) is 2. The SMILES string of the molecule is Cl.Cl.NCCCC(=O)NCc1nc2ccc(F)cc2[nH]1. The van der Waals surface area contributed by atoms with Crippen molar-refractivity contribution in [2.24, 2.45) is 5.73 Å². The number of amides is 1. The number of benzene rings is 1. The molecular weight excluding hydrogens is 306 g/mol. The van der Waals surface area contributed by atoms with E-state index in [9.17, 15) is 9.18 Å². The van der Waals surface area contributed by atoms with Crippen LogP contribution in [0.5, 0.6) is 0 Å². The summed E-state index contributed by atoms with van der Waals surface area (Å²) in [6.45, 7) is 0.803. The number of hydrogen-bond donors (Lipinski definition) is 3. The summed E-state index contributed by atoms with van der Waals surface area (Å²) in [5.74, 6) is 0.230. The van der Waals surface area contributed by atoms with Gasteiger partial charge in [-0.05, 0) is 31.2 Å². The average Bonchev–Trinajstić information content (AvgIpc) is 2.75. The zero-order valence-corrected chi connectivity index (χ0v) is 12.3. The number of nitrogens with two attached hydrogens (primary N) is 1. The number of imidazole rings is 1. The predicted molar refractivity (Wildman–Crippen MR) is 80.7 cm³/mol. The van der Waals surface area contributed by atoms with E-state index < -0.39 is 0 Å². The number of nitrogens with zero attached hydrogens (tertiary/aromatic N) is 1. The molecule has 0 unspecified atom stereocenters. The highest BCUT2D eigenvalue weighted by atomic mass is 35.5. The van der Waals surface area contributed by atoms with E-state index in [0.717, 1.165) is 0 Å². The Kier molecular flexibility index (Phi) is 8.13. The Labute approximate surface area is 128 Å². The normalized spacial score (nSPS) is 9.70. The summed E-state index contributed by atoms with van der Waals surface area (Å²) in [6, 6.07) is 4.33. The van der Waals surface area contributed by atoms with E-state index in [1.54, 1.807) is 6.07 Å². The van der Waals surface area contributed by atoms with E-state index >= 15 is 0 Å². The van der Waals surface area contributed by atoms with Crippen LogP contribution in [0.15, 0.2) is 18.2 Å². The molecule has 0 radical (unpaired) electrons. The molecule has 0 saturated carbocycles. The number of rotatable bonds is 5.